The van der Waals surface area contributed by atoms with Crippen molar-refractivity contribution in [3.63, 3.8) is 0 Å². The van der Waals surface area contributed by atoms with Gasteiger partial charge < -0.3 is 4.74 Å². The normalized spacial score (nSPS) is 24.3. The topological polar surface area (TPSA) is 27.1 Å². The Morgan fingerprint density at radius 3 is 3.42 bits per heavy atom. The summed E-state index contributed by atoms with van der Waals surface area (Å²) in [5.41, 5.74) is 0. The van der Waals surface area contributed by atoms with E-state index in [-0.39, 0.29) is 5.92 Å². The van der Waals surface area contributed by atoms with Crippen molar-refractivity contribution in [3.8, 4) is 5.88 Å². The average Bonchev–Trinajstić information content (AvgIpc) is 2.49. The molecular formula is C8H11FN2O. The minimum Gasteiger partial charge on any atom is -0.477 e. The van der Waals surface area contributed by atoms with Gasteiger partial charge in [0.15, 0.2) is 0 Å². The molecule has 0 aliphatic carbocycles. The second-order valence-electron chi connectivity index (χ2n) is 3.10. The van der Waals surface area contributed by atoms with Crippen LogP contribution in [0.4, 0.5) is 4.39 Å². The fraction of sp³-hybridized carbons (Fsp3) is 0.625. The van der Waals surface area contributed by atoms with E-state index in [0.29, 0.717) is 13.2 Å². The van der Waals surface area contributed by atoms with Crippen LogP contribution in [0.15, 0.2) is 12.3 Å². The summed E-state index contributed by atoms with van der Waals surface area (Å²) in [4.78, 5) is 0. The van der Waals surface area contributed by atoms with Gasteiger partial charge in [0.1, 0.15) is 6.17 Å². The lowest BCUT2D eigenvalue weighted by Crippen LogP contribution is -2.31. The van der Waals surface area contributed by atoms with Crippen molar-refractivity contribution < 1.29 is 9.13 Å². The van der Waals surface area contributed by atoms with E-state index in [0.717, 1.165) is 5.88 Å². The lowest BCUT2D eigenvalue weighted by atomic mass is 10.1. The highest BCUT2D eigenvalue weighted by molar-refractivity contribution is 5.09. The Morgan fingerprint density at radius 2 is 2.67 bits per heavy atom. The first-order chi connectivity index (χ1) is 5.77. The van der Waals surface area contributed by atoms with Crippen LogP contribution in [-0.4, -0.2) is 22.6 Å². The number of alkyl halides is 1. The molecule has 3 nitrogen and oxygen atoms in total. The molecule has 0 saturated heterocycles. The van der Waals surface area contributed by atoms with Crippen LogP contribution < -0.4 is 4.74 Å². The van der Waals surface area contributed by atoms with Gasteiger partial charge in [0.2, 0.25) is 5.88 Å². The van der Waals surface area contributed by atoms with Crippen LogP contribution in [0.25, 0.3) is 0 Å². The summed E-state index contributed by atoms with van der Waals surface area (Å²) >= 11 is 0. The van der Waals surface area contributed by atoms with Crippen LogP contribution in [-0.2, 0) is 6.54 Å². The molecule has 2 rings (SSSR count). The number of ether oxygens (including phenoxy) is 1. The molecule has 1 aromatic heterocycles. The van der Waals surface area contributed by atoms with Gasteiger partial charge in [-0.2, -0.15) is 5.10 Å². The first-order valence-electron chi connectivity index (χ1n) is 4.06. The van der Waals surface area contributed by atoms with E-state index in [9.17, 15) is 4.39 Å². The molecule has 0 amide bonds. The quantitative estimate of drug-likeness (QED) is 0.634. The third-order valence-corrected chi connectivity index (χ3v) is 2.18. The minimum atomic E-state index is -0.831. The van der Waals surface area contributed by atoms with E-state index in [4.69, 9.17) is 4.74 Å². The van der Waals surface area contributed by atoms with Crippen LogP contribution >= 0.6 is 0 Å². The second-order valence-corrected chi connectivity index (χ2v) is 3.10. The maximum Gasteiger partial charge on any atom is 0.211 e. The molecule has 12 heavy (non-hydrogen) atoms. The Morgan fingerprint density at radius 1 is 1.83 bits per heavy atom. The maximum atomic E-state index is 12.9. The summed E-state index contributed by atoms with van der Waals surface area (Å²) in [6, 6.07) is 1.79. The van der Waals surface area contributed by atoms with E-state index >= 15 is 0 Å². The zero-order chi connectivity index (χ0) is 8.55. The van der Waals surface area contributed by atoms with Gasteiger partial charge in [-0.3, -0.25) is 0 Å². The molecule has 1 aliphatic rings. The molecule has 2 atom stereocenters. The predicted molar refractivity (Wildman–Crippen MR) is 41.8 cm³/mol. The molecule has 0 bridgehead atoms. The monoisotopic (exact) mass is 170 g/mol. The van der Waals surface area contributed by atoms with Gasteiger partial charge in [-0.15, -0.1) is 0 Å². The summed E-state index contributed by atoms with van der Waals surface area (Å²) in [6.45, 7) is 2.64. The van der Waals surface area contributed by atoms with E-state index in [1.807, 2.05) is 0 Å². The first kappa shape index (κ1) is 7.58. The largest absolute Gasteiger partial charge is 0.477 e. The summed E-state index contributed by atoms with van der Waals surface area (Å²) < 4.78 is 19.9. The predicted octanol–water partition coefficient (Wildman–Crippen LogP) is 1.25. The second kappa shape index (κ2) is 2.77. The number of hydrogen-bond donors (Lipinski definition) is 0. The van der Waals surface area contributed by atoms with Crippen LogP contribution in [0.2, 0.25) is 0 Å². The molecular weight excluding hydrogens is 159 g/mol. The third-order valence-electron chi connectivity index (χ3n) is 2.18. The van der Waals surface area contributed by atoms with Gasteiger partial charge in [-0.05, 0) is 6.92 Å². The van der Waals surface area contributed by atoms with Gasteiger partial charge >= 0.3 is 0 Å². The van der Waals surface area contributed by atoms with Gasteiger partial charge in [0.05, 0.1) is 19.3 Å². The third kappa shape index (κ3) is 1.17. The highest BCUT2D eigenvalue weighted by Crippen LogP contribution is 2.21. The molecule has 0 saturated carbocycles. The highest BCUT2D eigenvalue weighted by Gasteiger charge is 2.24. The molecule has 1 unspecified atom stereocenters. The van der Waals surface area contributed by atoms with Crippen LogP contribution in [0, 0.1) is 5.92 Å². The summed E-state index contributed by atoms with van der Waals surface area (Å²) in [5, 5.41) is 4.01. The molecule has 0 aromatic carbocycles. The Labute approximate surface area is 70.1 Å². The molecule has 4 heteroatoms. The molecule has 0 radical (unpaired) electrons. The van der Waals surface area contributed by atoms with Crippen molar-refractivity contribution in [2.24, 2.45) is 5.92 Å². The lowest BCUT2D eigenvalue weighted by molar-refractivity contribution is 0.103. The van der Waals surface area contributed by atoms with Crippen molar-refractivity contribution in [2.45, 2.75) is 19.6 Å². The van der Waals surface area contributed by atoms with Crippen molar-refractivity contribution in [3.05, 3.63) is 12.3 Å². The number of hydrogen-bond acceptors (Lipinski definition) is 2. The number of halogens is 1. The standard InChI is InChI=1S/C8H11FN2O/c1-6(9)7-4-11-8(12-5-7)2-3-10-11/h2-3,6-7H,4-5H2,1H3/t6?,7-/m0/s1. The Kier molecular flexibility index (Phi) is 1.75. The van der Waals surface area contributed by atoms with E-state index in [1.165, 1.54) is 0 Å². The summed E-state index contributed by atoms with van der Waals surface area (Å²) in [6.07, 6.45) is 0.836. The van der Waals surface area contributed by atoms with E-state index in [1.54, 1.807) is 23.9 Å². The Hall–Kier alpha value is -1.06. The molecule has 1 aromatic rings. The van der Waals surface area contributed by atoms with Gasteiger partial charge in [0, 0.05) is 12.0 Å². The Bertz CT molecular complexity index is 272. The van der Waals surface area contributed by atoms with Gasteiger partial charge in [-0.25, -0.2) is 9.07 Å². The van der Waals surface area contributed by atoms with Crippen molar-refractivity contribution in [1.82, 2.24) is 9.78 Å². The van der Waals surface area contributed by atoms with Crippen molar-refractivity contribution in [1.29, 1.82) is 0 Å². The minimum absolute atomic E-state index is 0.0580. The maximum absolute atomic E-state index is 12.9. The summed E-state index contributed by atoms with van der Waals surface area (Å²) in [5.74, 6) is 0.685. The SMILES string of the molecule is CC(F)[C@@H]1COc2ccnn2C1. The number of rotatable bonds is 1. The zero-order valence-corrected chi connectivity index (χ0v) is 6.90. The van der Waals surface area contributed by atoms with Crippen LogP contribution in [0.3, 0.4) is 0 Å². The van der Waals surface area contributed by atoms with Crippen molar-refractivity contribution in [2.75, 3.05) is 6.61 Å². The molecule has 0 N–H and O–H groups in total. The number of aromatic nitrogens is 2. The molecule has 2 heterocycles. The van der Waals surface area contributed by atoms with Crippen molar-refractivity contribution >= 4 is 0 Å². The van der Waals surface area contributed by atoms with Crippen LogP contribution in [0.5, 0.6) is 5.88 Å². The average molecular weight is 170 g/mol. The highest BCUT2D eigenvalue weighted by atomic mass is 19.1. The van der Waals surface area contributed by atoms with Gasteiger partial charge in [0.25, 0.3) is 0 Å². The smallest absolute Gasteiger partial charge is 0.211 e. The van der Waals surface area contributed by atoms with E-state index < -0.39 is 6.17 Å². The molecule has 66 valence electrons. The zero-order valence-electron chi connectivity index (χ0n) is 6.90. The number of fused-ring (bicyclic) bond motifs is 1. The first-order valence-corrected chi connectivity index (χ1v) is 4.06. The summed E-state index contributed by atoms with van der Waals surface area (Å²) in [7, 11) is 0. The fourth-order valence-electron chi connectivity index (χ4n) is 1.33. The van der Waals surface area contributed by atoms with Gasteiger partial charge in [-0.1, -0.05) is 0 Å². The molecule has 1 aliphatic heterocycles. The number of nitrogens with zero attached hydrogens (tertiary/aromatic N) is 2. The molecule has 0 spiro atoms. The van der Waals surface area contributed by atoms with Crippen LogP contribution in [0.1, 0.15) is 6.92 Å². The molecule has 0 fully saturated rings. The lowest BCUT2D eigenvalue weighted by Gasteiger charge is -2.24. The van der Waals surface area contributed by atoms with E-state index in [2.05, 4.69) is 5.10 Å². The fourth-order valence-corrected chi connectivity index (χ4v) is 1.33. The Balaban J connectivity index is 2.15.